The first-order valence-electron chi connectivity index (χ1n) is 10.7. The van der Waals surface area contributed by atoms with Gasteiger partial charge in [0.05, 0.1) is 33.4 Å². The number of imide groups is 1. The second-order valence-corrected chi connectivity index (χ2v) is 12.6. The summed E-state index contributed by atoms with van der Waals surface area (Å²) in [5.74, 6) is -5.72. The number of hydrogen-bond acceptors (Lipinski definition) is 5. The first-order valence-corrected chi connectivity index (χ1v) is 13.3. The smallest absolute Gasteiger partial charge is 0.272 e. The van der Waals surface area contributed by atoms with Crippen molar-refractivity contribution in [3.8, 4) is 0 Å². The van der Waals surface area contributed by atoms with Crippen LogP contribution in [-0.4, -0.2) is 46.7 Å². The standard InChI is InChI=1S/C23H12Cl7N3O5/c24-12-6-4-10(5-7-12)9-31(18(34)11-2-1-3-13(8-11)33(37)38)32-19(35)14-15(20(32)36)22(28)17(26)16(25)21(14,27)23(22,29)30/h1-8,14-15H,9H2/t14-,15-,21-,22-/m1/s1. The number of allylic oxidation sites excluding steroid dienone is 2. The van der Waals surface area contributed by atoms with Gasteiger partial charge >= 0.3 is 0 Å². The number of carbonyl (C=O) groups excluding carboxylic acids is 3. The number of nitrogens with zero attached hydrogens (tertiary/aromatic N) is 3. The Morgan fingerprint density at radius 3 is 1.95 bits per heavy atom. The van der Waals surface area contributed by atoms with Crippen molar-refractivity contribution in [1.29, 1.82) is 0 Å². The molecule has 2 bridgehead atoms. The maximum atomic E-state index is 13.9. The van der Waals surface area contributed by atoms with Crippen LogP contribution in [0.4, 0.5) is 5.69 Å². The summed E-state index contributed by atoms with van der Waals surface area (Å²) in [4.78, 5) is 48.0. The summed E-state index contributed by atoms with van der Waals surface area (Å²) < 4.78 is -2.14. The highest BCUT2D eigenvalue weighted by Gasteiger charge is 2.88. The number of non-ortho nitro benzene ring substituents is 1. The molecule has 1 heterocycles. The van der Waals surface area contributed by atoms with Gasteiger partial charge in [-0.1, -0.05) is 76.2 Å². The van der Waals surface area contributed by atoms with Gasteiger partial charge in [-0.2, -0.15) is 5.01 Å². The van der Waals surface area contributed by atoms with Crippen LogP contribution in [-0.2, 0) is 16.1 Å². The number of hydrazine groups is 1. The largest absolute Gasteiger partial charge is 0.273 e. The predicted octanol–water partition coefficient (Wildman–Crippen LogP) is 6.25. The average Bonchev–Trinajstić information content (AvgIpc) is 3.26. The van der Waals surface area contributed by atoms with Crippen LogP contribution in [0.15, 0.2) is 58.6 Å². The summed E-state index contributed by atoms with van der Waals surface area (Å²) in [6, 6.07) is 11.1. The van der Waals surface area contributed by atoms with Crippen molar-refractivity contribution in [2.75, 3.05) is 0 Å². The minimum absolute atomic E-state index is 0.159. The van der Waals surface area contributed by atoms with E-state index in [-0.39, 0.29) is 27.9 Å². The van der Waals surface area contributed by atoms with E-state index in [1.54, 1.807) is 24.3 Å². The van der Waals surface area contributed by atoms with E-state index in [0.29, 0.717) is 15.6 Å². The van der Waals surface area contributed by atoms with Crippen molar-refractivity contribution in [3.05, 3.63) is 84.9 Å². The van der Waals surface area contributed by atoms with E-state index in [9.17, 15) is 24.5 Å². The Morgan fingerprint density at radius 2 is 1.45 bits per heavy atom. The number of nitro groups is 1. The van der Waals surface area contributed by atoms with Gasteiger partial charge in [0, 0.05) is 22.7 Å². The van der Waals surface area contributed by atoms with Crippen molar-refractivity contribution in [1.82, 2.24) is 10.0 Å². The fourth-order valence-electron chi connectivity index (χ4n) is 5.12. The van der Waals surface area contributed by atoms with Crippen molar-refractivity contribution >= 4 is 105 Å². The minimum Gasteiger partial charge on any atom is -0.272 e. The predicted molar refractivity (Wildman–Crippen MR) is 144 cm³/mol. The molecule has 2 fully saturated rings. The zero-order chi connectivity index (χ0) is 27.9. The van der Waals surface area contributed by atoms with Crippen LogP contribution in [0, 0.1) is 22.0 Å². The maximum absolute atomic E-state index is 13.9. The monoisotopic (exact) mass is 655 g/mol. The van der Waals surface area contributed by atoms with E-state index in [2.05, 4.69) is 0 Å². The summed E-state index contributed by atoms with van der Waals surface area (Å²) in [5.41, 5.74) is -0.0473. The fourth-order valence-corrected chi connectivity index (χ4v) is 8.17. The molecule has 0 radical (unpaired) electrons. The molecule has 4 atom stereocenters. The molecule has 38 heavy (non-hydrogen) atoms. The van der Waals surface area contributed by atoms with Gasteiger partial charge in [-0.05, 0) is 23.8 Å². The molecule has 0 aromatic heterocycles. The van der Waals surface area contributed by atoms with Crippen LogP contribution in [0.2, 0.25) is 5.02 Å². The number of amides is 3. The van der Waals surface area contributed by atoms with E-state index >= 15 is 0 Å². The highest BCUT2D eigenvalue weighted by molar-refractivity contribution is 6.66. The van der Waals surface area contributed by atoms with Crippen LogP contribution in [0.3, 0.4) is 0 Å². The van der Waals surface area contributed by atoms with Gasteiger partial charge in [0.2, 0.25) is 0 Å². The Hall–Kier alpha value is -1.78. The first-order chi connectivity index (χ1) is 17.7. The SMILES string of the molecule is O=C(c1cccc([N+](=O)[O-])c1)N(Cc1ccc(Cl)cc1)N1C(=O)[C@H]2[C@H](C1=O)[C@@]1(Cl)C(Cl)=C(Cl)[C@@]2(Cl)C1(Cl)Cl. The number of benzene rings is 2. The average molecular weight is 659 g/mol. The topological polar surface area (TPSA) is 101 Å². The maximum Gasteiger partial charge on any atom is 0.273 e. The Bertz CT molecular complexity index is 1420. The van der Waals surface area contributed by atoms with Gasteiger partial charge in [0.1, 0.15) is 9.75 Å². The number of rotatable bonds is 5. The lowest BCUT2D eigenvalue weighted by Crippen LogP contribution is -2.55. The van der Waals surface area contributed by atoms with E-state index in [1.165, 1.54) is 18.2 Å². The van der Waals surface area contributed by atoms with Gasteiger partial charge in [-0.25, -0.2) is 5.01 Å². The number of carbonyl (C=O) groups is 3. The molecule has 8 nitrogen and oxygen atoms in total. The van der Waals surface area contributed by atoms with Gasteiger partial charge in [-0.15, -0.1) is 23.2 Å². The zero-order valence-corrected chi connectivity index (χ0v) is 23.8. The molecule has 15 heteroatoms. The molecule has 5 rings (SSSR count). The van der Waals surface area contributed by atoms with E-state index in [1.807, 2.05) is 0 Å². The normalized spacial score (nSPS) is 29.2. The molecule has 2 aliphatic carbocycles. The molecule has 1 saturated heterocycles. The van der Waals surface area contributed by atoms with E-state index in [4.69, 9.17) is 81.2 Å². The molecule has 1 aliphatic heterocycles. The molecular formula is C23H12Cl7N3O5. The summed E-state index contributed by atoms with van der Waals surface area (Å²) in [7, 11) is 0. The lowest BCUT2D eigenvalue weighted by atomic mass is 9.84. The third-order valence-electron chi connectivity index (χ3n) is 6.91. The summed E-state index contributed by atoms with van der Waals surface area (Å²) in [6.07, 6.45) is 0. The number of nitro benzene ring substituents is 1. The Kier molecular flexibility index (Phi) is 6.67. The van der Waals surface area contributed by atoms with Crippen LogP contribution < -0.4 is 0 Å². The second kappa shape index (κ2) is 9.13. The fraction of sp³-hybridized carbons (Fsp3) is 0.261. The quantitative estimate of drug-likeness (QED) is 0.164. The van der Waals surface area contributed by atoms with Crippen molar-refractivity contribution in [2.24, 2.45) is 11.8 Å². The molecule has 1 saturated carbocycles. The number of halogens is 7. The highest BCUT2D eigenvalue weighted by Crippen LogP contribution is 2.77. The van der Waals surface area contributed by atoms with Gasteiger partial charge in [0.15, 0.2) is 4.33 Å². The number of hydrogen-bond donors (Lipinski definition) is 0. The molecule has 2 aromatic carbocycles. The Morgan fingerprint density at radius 1 is 0.921 bits per heavy atom. The summed E-state index contributed by atoms with van der Waals surface area (Å²) in [5, 5.41) is 12.6. The molecule has 0 spiro atoms. The number of fused-ring (bicyclic) bond motifs is 5. The molecule has 2 aromatic rings. The van der Waals surface area contributed by atoms with Crippen LogP contribution in [0.5, 0.6) is 0 Å². The molecule has 0 unspecified atom stereocenters. The minimum atomic E-state index is -2.14. The zero-order valence-electron chi connectivity index (χ0n) is 18.5. The molecule has 3 amide bonds. The van der Waals surface area contributed by atoms with Gasteiger partial charge < -0.3 is 0 Å². The van der Waals surface area contributed by atoms with Crippen molar-refractivity contribution in [2.45, 2.75) is 20.6 Å². The lowest BCUT2D eigenvalue weighted by molar-refractivity contribution is -0.384. The van der Waals surface area contributed by atoms with Gasteiger partial charge in [0.25, 0.3) is 23.4 Å². The number of alkyl halides is 4. The third-order valence-corrected chi connectivity index (χ3v) is 11.4. The Balaban J connectivity index is 1.62. The third kappa shape index (κ3) is 3.48. The van der Waals surface area contributed by atoms with E-state index in [0.717, 1.165) is 11.1 Å². The second-order valence-electron chi connectivity index (χ2n) is 8.87. The van der Waals surface area contributed by atoms with E-state index < -0.39 is 48.6 Å². The Labute approximate surface area is 250 Å². The summed E-state index contributed by atoms with van der Waals surface area (Å²) in [6.45, 7) is -0.304. The van der Waals surface area contributed by atoms with Crippen LogP contribution in [0.1, 0.15) is 15.9 Å². The van der Waals surface area contributed by atoms with Crippen molar-refractivity contribution in [3.63, 3.8) is 0 Å². The molecule has 0 N–H and O–H groups in total. The van der Waals surface area contributed by atoms with Crippen LogP contribution >= 0.6 is 81.2 Å². The highest BCUT2D eigenvalue weighted by atomic mass is 35.5. The molecule has 198 valence electrons. The summed E-state index contributed by atoms with van der Waals surface area (Å²) >= 11 is 45.3. The van der Waals surface area contributed by atoms with Gasteiger partial charge in [-0.3, -0.25) is 24.5 Å². The first kappa shape index (κ1) is 27.8. The molecular weight excluding hydrogens is 646 g/mol. The van der Waals surface area contributed by atoms with Crippen molar-refractivity contribution < 1.29 is 19.3 Å². The lowest BCUT2D eigenvalue weighted by Gasteiger charge is -2.37. The van der Waals surface area contributed by atoms with Crippen LogP contribution in [0.25, 0.3) is 0 Å². The molecule has 3 aliphatic rings.